The molecular weight excluding hydrogens is 254 g/mol. The monoisotopic (exact) mass is 268 g/mol. The number of hydrogen-bond donors (Lipinski definition) is 2. The smallest absolute Gasteiger partial charge is 0.0447 e. The molecule has 2 nitrogen and oxygen atoms in total. The zero-order chi connectivity index (χ0) is 9.10. The summed E-state index contributed by atoms with van der Waals surface area (Å²) in [6.45, 7) is 3.10. The van der Waals surface area contributed by atoms with Crippen molar-refractivity contribution in [2.45, 2.75) is 6.04 Å². The first kappa shape index (κ1) is 15.0. The molecule has 0 unspecified atom stereocenters. The van der Waals surface area contributed by atoms with E-state index in [0.717, 1.165) is 24.7 Å². The molecular formula is C10H15Cl3N2. The molecule has 0 aliphatic carbocycles. The summed E-state index contributed by atoms with van der Waals surface area (Å²) in [6.07, 6.45) is 0. The fourth-order valence-corrected chi connectivity index (χ4v) is 1.71. The van der Waals surface area contributed by atoms with Gasteiger partial charge in [-0.05, 0) is 17.7 Å². The second-order valence-electron chi connectivity index (χ2n) is 3.26. The van der Waals surface area contributed by atoms with Crippen molar-refractivity contribution in [3.63, 3.8) is 0 Å². The van der Waals surface area contributed by atoms with E-state index in [-0.39, 0.29) is 24.8 Å². The Labute approximate surface area is 108 Å². The first-order chi connectivity index (χ1) is 6.36. The van der Waals surface area contributed by atoms with Crippen LogP contribution in [0.25, 0.3) is 0 Å². The van der Waals surface area contributed by atoms with Gasteiger partial charge in [-0.3, -0.25) is 0 Å². The highest BCUT2D eigenvalue weighted by atomic mass is 35.5. The van der Waals surface area contributed by atoms with Gasteiger partial charge in [0.1, 0.15) is 0 Å². The van der Waals surface area contributed by atoms with Crippen LogP contribution in [0.2, 0.25) is 5.02 Å². The third-order valence-corrected chi connectivity index (χ3v) is 2.57. The average Bonchev–Trinajstić information content (AvgIpc) is 2.20. The maximum atomic E-state index is 5.81. The van der Waals surface area contributed by atoms with Gasteiger partial charge < -0.3 is 10.6 Å². The summed E-state index contributed by atoms with van der Waals surface area (Å²) < 4.78 is 0. The number of halogens is 3. The lowest BCUT2D eigenvalue weighted by molar-refractivity contribution is 0.430. The van der Waals surface area contributed by atoms with E-state index in [1.807, 2.05) is 12.1 Å². The minimum Gasteiger partial charge on any atom is -0.314 e. The maximum absolute atomic E-state index is 5.81. The van der Waals surface area contributed by atoms with E-state index in [2.05, 4.69) is 22.8 Å². The predicted molar refractivity (Wildman–Crippen MR) is 69.6 cm³/mol. The molecule has 0 spiro atoms. The SMILES string of the molecule is Cl.Cl.Clc1ccc([C@@H]2CNCCN2)cc1. The van der Waals surface area contributed by atoms with Crippen molar-refractivity contribution in [2.24, 2.45) is 0 Å². The lowest BCUT2D eigenvalue weighted by Crippen LogP contribution is -2.42. The van der Waals surface area contributed by atoms with Gasteiger partial charge in [0.25, 0.3) is 0 Å². The van der Waals surface area contributed by atoms with Gasteiger partial charge in [0.05, 0.1) is 0 Å². The van der Waals surface area contributed by atoms with Crippen LogP contribution in [0.5, 0.6) is 0 Å². The molecule has 2 N–H and O–H groups in total. The van der Waals surface area contributed by atoms with E-state index in [1.54, 1.807) is 0 Å². The Hall–Kier alpha value is 0.01000. The van der Waals surface area contributed by atoms with Gasteiger partial charge >= 0.3 is 0 Å². The number of benzene rings is 1. The molecule has 1 aromatic rings. The minimum absolute atomic E-state index is 0. The van der Waals surface area contributed by atoms with Crippen LogP contribution in [0, 0.1) is 0 Å². The normalized spacial score (nSPS) is 19.9. The predicted octanol–water partition coefficient (Wildman–Crippen LogP) is 2.42. The molecule has 15 heavy (non-hydrogen) atoms. The number of piperazine rings is 1. The molecule has 0 aromatic heterocycles. The van der Waals surface area contributed by atoms with E-state index < -0.39 is 0 Å². The van der Waals surface area contributed by atoms with E-state index >= 15 is 0 Å². The summed E-state index contributed by atoms with van der Waals surface area (Å²) in [5.74, 6) is 0. The Morgan fingerprint density at radius 2 is 1.73 bits per heavy atom. The van der Waals surface area contributed by atoms with E-state index in [4.69, 9.17) is 11.6 Å². The molecule has 86 valence electrons. The lowest BCUT2D eigenvalue weighted by Gasteiger charge is -2.24. The molecule has 0 amide bonds. The van der Waals surface area contributed by atoms with Crippen molar-refractivity contribution in [3.05, 3.63) is 34.9 Å². The summed E-state index contributed by atoms with van der Waals surface area (Å²) in [5, 5.41) is 7.60. The molecule has 1 aromatic carbocycles. The van der Waals surface area contributed by atoms with Crippen LogP contribution in [0.15, 0.2) is 24.3 Å². The van der Waals surface area contributed by atoms with Crippen LogP contribution < -0.4 is 10.6 Å². The van der Waals surface area contributed by atoms with E-state index in [0.29, 0.717) is 6.04 Å². The van der Waals surface area contributed by atoms with Crippen molar-refractivity contribution < 1.29 is 0 Å². The molecule has 0 bridgehead atoms. The number of hydrogen-bond acceptors (Lipinski definition) is 2. The van der Waals surface area contributed by atoms with Crippen molar-refractivity contribution in [1.29, 1.82) is 0 Å². The van der Waals surface area contributed by atoms with Crippen LogP contribution in [0.1, 0.15) is 11.6 Å². The Morgan fingerprint density at radius 3 is 2.27 bits per heavy atom. The van der Waals surface area contributed by atoms with Crippen molar-refractivity contribution in [3.8, 4) is 0 Å². The summed E-state index contributed by atoms with van der Waals surface area (Å²) in [5.41, 5.74) is 1.30. The lowest BCUT2D eigenvalue weighted by atomic mass is 10.1. The topological polar surface area (TPSA) is 24.1 Å². The molecule has 1 saturated heterocycles. The van der Waals surface area contributed by atoms with E-state index in [9.17, 15) is 0 Å². The molecule has 2 rings (SSSR count). The molecule has 1 heterocycles. The van der Waals surface area contributed by atoms with Crippen LogP contribution >= 0.6 is 36.4 Å². The van der Waals surface area contributed by atoms with Crippen LogP contribution in [-0.2, 0) is 0 Å². The first-order valence-electron chi connectivity index (χ1n) is 4.56. The average molecular weight is 270 g/mol. The third-order valence-electron chi connectivity index (χ3n) is 2.31. The Balaban J connectivity index is 0.000000980. The molecule has 1 fully saturated rings. The summed E-state index contributed by atoms with van der Waals surface area (Å²) >= 11 is 5.81. The standard InChI is InChI=1S/C10H13ClN2.2ClH/c11-9-3-1-8(2-4-9)10-7-12-5-6-13-10;;/h1-4,10,12-13H,5-7H2;2*1H/t10-;;/m0../s1. The van der Waals surface area contributed by atoms with Gasteiger partial charge in [-0.15, -0.1) is 24.8 Å². The van der Waals surface area contributed by atoms with Crippen LogP contribution in [0.3, 0.4) is 0 Å². The van der Waals surface area contributed by atoms with Gasteiger partial charge in [-0.25, -0.2) is 0 Å². The zero-order valence-corrected chi connectivity index (χ0v) is 10.6. The molecule has 1 aliphatic heterocycles. The van der Waals surface area contributed by atoms with Gasteiger partial charge in [-0.2, -0.15) is 0 Å². The van der Waals surface area contributed by atoms with Gasteiger partial charge in [0, 0.05) is 30.7 Å². The highest BCUT2D eigenvalue weighted by molar-refractivity contribution is 6.30. The maximum Gasteiger partial charge on any atom is 0.0447 e. The zero-order valence-electron chi connectivity index (χ0n) is 8.20. The van der Waals surface area contributed by atoms with Gasteiger partial charge in [-0.1, -0.05) is 23.7 Å². The quantitative estimate of drug-likeness (QED) is 0.818. The number of rotatable bonds is 1. The van der Waals surface area contributed by atoms with Crippen molar-refractivity contribution >= 4 is 36.4 Å². The fourth-order valence-electron chi connectivity index (χ4n) is 1.58. The first-order valence-corrected chi connectivity index (χ1v) is 4.93. The second-order valence-corrected chi connectivity index (χ2v) is 3.70. The molecule has 0 radical (unpaired) electrons. The molecule has 0 saturated carbocycles. The second kappa shape index (κ2) is 7.31. The summed E-state index contributed by atoms with van der Waals surface area (Å²) in [6, 6.07) is 8.46. The highest BCUT2D eigenvalue weighted by Crippen LogP contribution is 2.16. The fraction of sp³-hybridized carbons (Fsp3) is 0.400. The van der Waals surface area contributed by atoms with Gasteiger partial charge in [0.2, 0.25) is 0 Å². The highest BCUT2D eigenvalue weighted by Gasteiger charge is 2.13. The molecule has 5 heteroatoms. The Kier molecular flexibility index (Phi) is 7.32. The molecule has 1 atom stereocenters. The Bertz CT molecular complexity index is 271. The van der Waals surface area contributed by atoms with Gasteiger partial charge in [0.15, 0.2) is 0 Å². The van der Waals surface area contributed by atoms with Crippen LogP contribution in [0.4, 0.5) is 0 Å². The minimum atomic E-state index is 0. The largest absolute Gasteiger partial charge is 0.314 e. The van der Waals surface area contributed by atoms with Crippen LogP contribution in [-0.4, -0.2) is 19.6 Å². The van der Waals surface area contributed by atoms with Crippen molar-refractivity contribution in [2.75, 3.05) is 19.6 Å². The third kappa shape index (κ3) is 4.17. The molecule has 1 aliphatic rings. The summed E-state index contributed by atoms with van der Waals surface area (Å²) in [4.78, 5) is 0. The van der Waals surface area contributed by atoms with Crippen molar-refractivity contribution in [1.82, 2.24) is 10.6 Å². The Morgan fingerprint density at radius 1 is 1.07 bits per heavy atom. The van der Waals surface area contributed by atoms with E-state index in [1.165, 1.54) is 5.56 Å². The summed E-state index contributed by atoms with van der Waals surface area (Å²) in [7, 11) is 0. The number of nitrogens with one attached hydrogen (secondary N) is 2.